The van der Waals surface area contributed by atoms with Crippen molar-refractivity contribution in [2.45, 2.75) is 19.4 Å². The van der Waals surface area contributed by atoms with Crippen molar-refractivity contribution in [1.29, 1.82) is 5.26 Å². The van der Waals surface area contributed by atoms with E-state index < -0.39 is 0 Å². The summed E-state index contributed by atoms with van der Waals surface area (Å²) in [5.74, 6) is 0.939. The van der Waals surface area contributed by atoms with Gasteiger partial charge in [0, 0.05) is 6.42 Å². The summed E-state index contributed by atoms with van der Waals surface area (Å²) in [6.07, 6.45) is 2.16. The van der Waals surface area contributed by atoms with Gasteiger partial charge in [0.15, 0.2) is 6.61 Å². The number of aryl methyl sites for hydroxylation is 1. The van der Waals surface area contributed by atoms with Crippen LogP contribution in [0.4, 0.5) is 0 Å². The molecule has 1 amide bonds. The molecule has 0 fully saturated rings. The van der Waals surface area contributed by atoms with Gasteiger partial charge >= 0.3 is 0 Å². The molecule has 0 radical (unpaired) electrons. The van der Waals surface area contributed by atoms with Gasteiger partial charge in [-0.25, -0.2) is 5.01 Å². The van der Waals surface area contributed by atoms with E-state index in [0.717, 1.165) is 11.3 Å². The number of furan rings is 1. The summed E-state index contributed by atoms with van der Waals surface area (Å²) in [7, 11) is 0. The number of carbonyl (C=O) groups is 1. The monoisotopic (exact) mass is 385 g/mol. The quantitative estimate of drug-likeness (QED) is 0.659. The molecule has 4 rings (SSSR count). The molecule has 1 aromatic heterocycles. The van der Waals surface area contributed by atoms with Crippen LogP contribution in [0.1, 0.15) is 34.9 Å². The summed E-state index contributed by atoms with van der Waals surface area (Å²) >= 11 is 0. The zero-order chi connectivity index (χ0) is 20.2. The number of hydrazone groups is 1. The molecule has 0 N–H and O–H groups in total. The first-order chi connectivity index (χ1) is 14.1. The number of nitrogens with zero attached hydrogens (tertiary/aromatic N) is 3. The second-order valence-electron chi connectivity index (χ2n) is 6.81. The fourth-order valence-electron chi connectivity index (χ4n) is 3.20. The average Bonchev–Trinajstić information content (AvgIpc) is 3.43. The topological polar surface area (TPSA) is 78.8 Å². The van der Waals surface area contributed by atoms with Crippen molar-refractivity contribution in [1.82, 2.24) is 5.01 Å². The van der Waals surface area contributed by atoms with Crippen molar-refractivity contribution in [2.24, 2.45) is 5.10 Å². The Kier molecular flexibility index (Phi) is 5.12. The van der Waals surface area contributed by atoms with Crippen LogP contribution in [-0.4, -0.2) is 23.2 Å². The maximum atomic E-state index is 12.9. The molecule has 6 nitrogen and oxygen atoms in total. The van der Waals surface area contributed by atoms with Gasteiger partial charge in [-0.1, -0.05) is 29.8 Å². The number of hydrogen-bond donors (Lipinski definition) is 0. The fourth-order valence-corrected chi connectivity index (χ4v) is 3.20. The van der Waals surface area contributed by atoms with E-state index in [1.165, 1.54) is 10.6 Å². The molecule has 1 aliphatic rings. The summed E-state index contributed by atoms with van der Waals surface area (Å²) in [5.41, 5.74) is 3.51. The van der Waals surface area contributed by atoms with Gasteiger partial charge in [-0.2, -0.15) is 10.4 Å². The molecule has 2 aromatic carbocycles. The Morgan fingerprint density at radius 1 is 1.21 bits per heavy atom. The first kappa shape index (κ1) is 18.5. The minimum atomic E-state index is -0.307. The molecule has 0 aliphatic carbocycles. The average molecular weight is 385 g/mol. The van der Waals surface area contributed by atoms with Crippen LogP contribution < -0.4 is 4.74 Å². The predicted octanol–water partition coefficient (Wildman–Crippen LogP) is 4.22. The summed E-state index contributed by atoms with van der Waals surface area (Å²) in [6.45, 7) is 1.87. The molecule has 0 bridgehead atoms. The minimum absolute atomic E-state index is 0.159. The lowest BCUT2D eigenvalue weighted by molar-refractivity contribution is -0.135. The fraction of sp³-hybridized carbons (Fsp3) is 0.174. The zero-order valence-corrected chi connectivity index (χ0v) is 15.9. The largest absolute Gasteiger partial charge is 0.484 e. The number of benzene rings is 2. The van der Waals surface area contributed by atoms with Crippen LogP contribution in [0.3, 0.4) is 0 Å². The molecule has 1 aliphatic heterocycles. The second-order valence-corrected chi connectivity index (χ2v) is 6.81. The van der Waals surface area contributed by atoms with Crippen LogP contribution in [0, 0.1) is 18.3 Å². The Morgan fingerprint density at radius 3 is 2.62 bits per heavy atom. The zero-order valence-electron chi connectivity index (χ0n) is 15.9. The van der Waals surface area contributed by atoms with E-state index in [1.54, 1.807) is 36.6 Å². The van der Waals surface area contributed by atoms with Crippen molar-refractivity contribution >= 4 is 11.6 Å². The van der Waals surface area contributed by atoms with E-state index in [4.69, 9.17) is 14.4 Å². The highest BCUT2D eigenvalue weighted by atomic mass is 16.5. The number of nitriles is 1. The summed E-state index contributed by atoms with van der Waals surface area (Å²) in [4.78, 5) is 12.9. The van der Waals surface area contributed by atoms with Crippen LogP contribution in [0.15, 0.2) is 76.4 Å². The van der Waals surface area contributed by atoms with Gasteiger partial charge in [0.25, 0.3) is 5.91 Å². The normalized spacial score (nSPS) is 15.7. The lowest BCUT2D eigenvalue weighted by Crippen LogP contribution is -2.31. The first-order valence-corrected chi connectivity index (χ1v) is 9.27. The Labute approximate surface area is 168 Å². The van der Waals surface area contributed by atoms with E-state index in [0.29, 0.717) is 23.5 Å². The van der Waals surface area contributed by atoms with E-state index in [1.807, 2.05) is 37.3 Å². The smallest absolute Gasteiger partial charge is 0.281 e. The SMILES string of the molecule is Cc1ccc(C2=NN(C(=O)COc3ccc(C#N)cc3)[C@H](c3ccco3)C2)cc1. The molecule has 29 heavy (non-hydrogen) atoms. The standard InChI is InChI=1S/C23H19N3O3/c1-16-4-8-18(9-5-16)20-13-21(22-3-2-12-28-22)26(25-20)23(27)15-29-19-10-6-17(14-24)7-11-19/h2-12,21H,13,15H2,1H3/t21-/m0/s1. The van der Waals surface area contributed by atoms with Gasteiger partial charge in [0.1, 0.15) is 17.6 Å². The summed E-state index contributed by atoms with van der Waals surface area (Å²) in [6, 6.07) is 20.1. The molecule has 1 atom stereocenters. The molecule has 0 spiro atoms. The molecule has 0 saturated carbocycles. The maximum Gasteiger partial charge on any atom is 0.281 e. The van der Waals surface area contributed by atoms with Crippen LogP contribution >= 0.6 is 0 Å². The van der Waals surface area contributed by atoms with Gasteiger partial charge in [0.2, 0.25) is 0 Å². The highest BCUT2D eigenvalue weighted by Gasteiger charge is 2.35. The van der Waals surface area contributed by atoms with E-state index in [-0.39, 0.29) is 18.6 Å². The minimum Gasteiger partial charge on any atom is -0.484 e. The van der Waals surface area contributed by atoms with Crippen molar-refractivity contribution in [3.8, 4) is 11.8 Å². The van der Waals surface area contributed by atoms with Crippen molar-refractivity contribution in [3.05, 3.63) is 89.4 Å². The Morgan fingerprint density at radius 2 is 1.97 bits per heavy atom. The number of carbonyl (C=O) groups excluding carboxylic acids is 1. The maximum absolute atomic E-state index is 12.9. The van der Waals surface area contributed by atoms with Gasteiger partial charge in [-0.15, -0.1) is 0 Å². The summed E-state index contributed by atoms with van der Waals surface area (Å²) < 4.78 is 11.2. The molecule has 0 unspecified atom stereocenters. The van der Waals surface area contributed by atoms with Crippen molar-refractivity contribution in [2.75, 3.05) is 6.61 Å². The lowest BCUT2D eigenvalue weighted by atomic mass is 10.0. The number of rotatable bonds is 5. The van der Waals surface area contributed by atoms with Gasteiger partial charge in [0.05, 0.1) is 23.6 Å². The van der Waals surface area contributed by atoms with Crippen molar-refractivity contribution in [3.63, 3.8) is 0 Å². The Bertz CT molecular complexity index is 1060. The molecule has 0 saturated heterocycles. The number of amides is 1. The van der Waals surface area contributed by atoms with Gasteiger partial charge < -0.3 is 9.15 Å². The molecular weight excluding hydrogens is 366 g/mol. The molecule has 3 aromatic rings. The van der Waals surface area contributed by atoms with E-state index in [2.05, 4.69) is 11.2 Å². The van der Waals surface area contributed by atoms with Gasteiger partial charge in [-0.05, 0) is 48.9 Å². The second kappa shape index (κ2) is 8.03. The van der Waals surface area contributed by atoms with Crippen LogP contribution in [-0.2, 0) is 4.79 Å². The van der Waals surface area contributed by atoms with E-state index in [9.17, 15) is 4.79 Å². The predicted molar refractivity (Wildman–Crippen MR) is 107 cm³/mol. The van der Waals surface area contributed by atoms with Crippen LogP contribution in [0.25, 0.3) is 0 Å². The number of ether oxygens (including phenoxy) is 1. The summed E-state index contributed by atoms with van der Waals surface area (Å²) in [5, 5.41) is 14.9. The molecule has 144 valence electrons. The third-order valence-electron chi connectivity index (χ3n) is 4.77. The molecular formula is C23H19N3O3. The Balaban J connectivity index is 1.53. The lowest BCUT2D eigenvalue weighted by Gasteiger charge is -2.20. The van der Waals surface area contributed by atoms with Gasteiger partial charge in [-0.3, -0.25) is 4.79 Å². The van der Waals surface area contributed by atoms with Crippen LogP contribution in [0.2, 0.25) is 0 Å². The van der Waals surface area contributed by atoms with E-state index >= 15 is 0 Å². The highest BCUT2D eigenvalue weighted by molar-refractivity contribution is 6.03. The van der Waals surface area contributed by atoms with Crippen LogP contribution in [0.5, 0.6) is 5.75 Å². The molecule has 2 heterocycles. The number of hydrogen-bond acceptors (Lipinski definition) is 5. The Hall–Kier alpha value is -3.85. The molecule has 6 heteroatoms. The first-order valence-electron chi connectivity index (χ1n) is 9.27. The van der Waals surface area contributed by atoms with Crippen molar-refractivity contribution < 1.29 is 13.9 Å². The third kappa shape index (κ3) is 4.04. The third-order valence-corrected chi connectivity index (χ3v) is 4.77. The highest BCUT2D eigenvalue weighted by Crippen LogP contribution is 2.33.